The van der Waals surface area contributed by atoms with Gasteiger partial charge in [-0.15, -0.1) is 0 Å². The SMILES string of the molecule is CC(C)CC(NC(=O)C(Cc1c[nH]c2ccccc12)NC(=O)C(CO)NC(=O)C(N)Cc1cnc[nH]1)C(=O)O. The first-order valence-electron chi connectivity index (χ1n) is 12.6. The molecule has 3 amide bonds. The molecule has 13 nitrogen and oxygen atoms in total. The average Bonchev–Trinajstić information content (AvgIpc) is 3.55. The summed E-state index contributed by atoms with van der Waals surface area (Å²) in [5.41, 5.74) is 8.09. The largest absolute Gasteiger partial charge is 0.480 e. The lowest BCUT2D eigenvalue weighted by molar-refractivity contribution is -0.142. The van der Waals surface area contributed by atoms with Crippen molar-refractivity contribution in [2.45, 2.75) is 57.3 Å². The molecule has 1 aromatic carbocycles. The van der Waals surface area contributed by atoms with Gasteiger partial charge in [-0.2, -0.15) is 0 Å². The number of nitrogens with one attached hydrogen (secondary N) is 5. The van der Waals surface area contributed by atoms with Gasteiger partial charge in [0.2, 0.25) is 17.7 Å². The molecule has 0 spiro atoms. The summed E-state index contributed by atoms with van der Waals surface area (Å²) in [6.45, 7) is 2.92. The molecule has 0 radical (unpaired) electrons. The van der Waals surface area contributed by atoms with E-state index in [9.17, 15) is 29.4 Å². The third-order valence-electron chi connectivity index (χ3n) is 6.20. The number of benzene rings is 1. The fourth-order valence-electron chi connectivity index (χ4n) is 4.17. The minimum absolute atomic E-state index is 0.00647. The van der Waals surface area contributed by atoms with E-state index < -0.39 is 54.5 Å². The maximum absolute atomic E-state index is 13.3. The molecule has 0 fully saturated rings. The van der Waals surface area contributed by atoms with E-state index in [0.717, 1.165) is 10.9 Å². The Morgan fingerprint density at radius 3 is 2.26 bits per heavy atom. The van der Waals surface area contributed by atoms with Crippen molar-refractivity contribution in [2.75, 3.05) is 6.61 Å². The van der Waals surface area contributed by atoms with Crippen molar-refractivity contribution in [1.29, 1.82) is 0 Å². The highest BCUT2D eigenvalue weighted by Gasteiger charge is 2.31. The zero-order chi connectivity index (χ0) is 28.5. The molecule has 9 N–H and O–H groups in total. The molecular formula is C26H35N7O6. The van der Waals surface area contributed by atoms with Gasteiger partial charge in [-0.25, -0.2) is 9.78 Å². The zero-order valence-electron chi connectivity index (χ0n) is 21.8. The number of aliphatic hydroxyl groups is 1. The second-order valence-electron chi connectivity index (χ2n) is 9.78. The second kappa shape index (κ2) is 13.5. The van der Waals surface area contributed by atoms with Crippen LogP contribution in [0.3, 0.4) is 0 Å². The summed E-state index contributed by atoms with van der Waals surface area (Å²) in [7, 11) is 0. The number of imidazole rings is 1. The van der Waals surface area contributed by atoms with Crippen LogP contribution in [0, 0.1) is 5.92 Å². The summed E-state index contributed by atoms with van der Waals surface area (Å²) in [5, 5.41) is 27.7. The number of nitrogens with zero attached hydrogens (tertiary/aromatic N) is 1. The highest BCUT2D eigenvalue weighted by Crippen LogP contribution is 2.19. The molecule has 0 aliphatic heterocycles. The molecule has 210 valence electrons. The van der Waals surface area contributed by atoms with Crippen molar-refractivity contribution in [3.05, 3.63) is 54.2 Å². The van der Waals surface area contributed by atoms with Gasteiger partial charge in [-0.1, -0.05) is 32.0 Å². The van der Waals surface area contributed by atoms with Crippen LogP contribution < -0.4 is 21.7 Å². The molecule has 0 aliphatic carbocycles. The number of aromatic amines is 2. The molecule has 0 aliphatic rings. The van der Waals surface area contributed by atoms with Crippen molar-refractivity contribution in [3.8, 4) is 0 Å². The average molecular weight is 542 g/mol. The van der Waals surface area contributed by atoms with E-state index >= 15 is 0 Å². The van der Waals surface area contributed by atoms with Gasteiger partial charge in [0.15, 0.2) is 0 Å². The summed E-state index contributed by atoms with van der Waals surface area (Å²) in [6.07, 6.45) is 5.02. The second-order valence-corrected chi connectivity index (χ2v) is 9.78. The van der Waals surface area contributed by atoms with Crippen LogP contribution in [0.15, 0.2) is 43.0 Å². The van der Waals surface area contributed by atoms with Crippen molar-refractivity contribution >= 4 is 34.6 Å². The topological polar surface area (TPSA) is 215 Å². The number of amides is 3. The number of aliphatic hydroxyl groups excluding tert-OH is 1. The summed E-state index contributed by atoms with van der Waals surface area (Å²) < 4.78 is 0. The first-order chi connectivity index (χ1) is 18.6. The minimum atomic E-state index is -1.39. The predicted molar refractivity (Wildman–Crippen MR) is 142 cm³/mol. The molecule has 0 bridgehead atoms. The van der Waals surface area contributed by atoms with Crippen molar-refractivity contribution < 1.29 is 29.4 Å². The molecule has 0 saturated carbocycles. The van der Waals surface area contributed by atoms with Gasteiger partial charge in [-0.05, 0) is 24.0 Å². The molecule has 3 aromatic rings. The van der Waals surface area contributed by atoms with Gasteiger partial charge in [0.1, 0.15) is 18.1 Å². The number of carbonyl (C=O) groups excluding carboxylic acids is 3. The summed E-state index contributed by atoms with van der Waals surface area (Å²) in [6, 6.07) is 2.63. The van der Waals surface area contributed by atoms with Gasteiger partial charge < -0.3 is 41.9 Å². The van der Waals surface area contributed by atoms with E-state index in [0.29, 0.717) is 11.3 Å². The molecule has 39 heavy (non-hydrogen) atoms. The summed E-state index contributed by atoms with van der Waals surface area (Å²) >= 11 is 0. The van der Waals surface area contributed by atoms with E-state index in [4.69, 9.17) is 5.73 Å². The number of carboxylic acid groups (broad SMARTS) is 1. The highest BCUT2D eigenvalue weighted by molar-refractivity contribution is 5.95. The van der Waals surface area contributed by atoms with Crippen molar-refractivity contribution in [3.63, 3.8) is 0 Å². The lowest BCUT2D eigenvalue weighted by Crippen LogP contribution is -2.58. The standard InChI is InChI=1S/C26H35N7O6/c1-14(2)7-21(26(38)39)32-24(36)20(8-15-10-29-19-6-4-3-5-17(15)19)31-25(37)22(12-34)33-23(35)18(27)9-16-11-28-13-30-16/h3-6,10-11,13-14,18,20-22,29,34H,7-9,12,27H2,1-2H3,(H,28,30)(H,31,37)(H,32,36)(H,33,35)(H,38,39). The van der Waals surface area contributed by atoms with Gasteiger partial charge in [0.25, 0.3) is 0 Å². The number of nitrogens with two attached hydrogens (primary N) is 1. The fourth-order valence-corrected chi connectivity index (χ4v) is 4.17. The Bertz CT molecular complexity index is 1270. The lowest BCUT2D eigenvalue weighted by atomic mass is 10.0. The number of H-pyrrole nitrogens is 2. The first kappa shape index (κ1) is 29.3. The van der Waals surface area contributed by atoms with Crippen LogP contribution in [0.2, 0.25) is 0 Å². The third kappa shape index (κ3) is 8.12. The summed E-state index contributed by atoms with van der Waals surface area (Å²) in [5.74, 6) is -3.41. The molecule has 4 atom stereocenters. The maximum atomic E-state index is 13.3. The van der Waals surface area contributed by atoms with E-state index in [1.54, 1.807) is 6.20 Å². The Labute approximate surface area is 225 Å². The van der Waals surface area contributed by atoms with Gasteiger partial charge >= 0.3 is 5.97 Å². The summed E-state index contributed by atoms with van der Waals surface area (Å²) in [4.78, 5) is 60.5. The Hall–Kier alpha value is -4.23. The molecule has 2 aromatic heterocycles. The van der Waals surface area contributed by atoms with Crippen LogP contribution in [-0.2, 0) is 32.0 Å². The predicted octanol–water partition coefficient (Wildman–Crippen LogP) is -0.419. The number of rotatable bonds is 14. The monoisotopic (exact) mass is 541 g/mol. The van der Waals surface area contributed by atoms with Crippen LogP contribution in [0.25, 0.3) is 10.9 Å². The molecule has 2 heterocycles. The maximum Gasteiger partial charge on any atom is 0.326 e. The van der Waals surface area contributed by atoms with Crippen LogP contribution in [0.5, 0.6) is 0 Å². The molecule has 13 heteroatoms. The number of fused-ring (bicyclic) bond motifs is 1. The highest BCUT2D eigenvalue weighted by atomic mass is 16.4. The smallest absolute Gasteiger partial charge is 0.326 e. The number of aromatic nitrogens is 3. The van der Waals surface area contributed by atoms with Gasteiger partial charge in [0.05, 0.1) is 19.0 Å². The van der Waals surface area contributed by atoms with Crippen LogP contribution in [0.1, 0.15) is 31.5 Å². The van der Waals surface area contributed by atoms with Crippen molar-refractivity contribution in [1.82, 2.24) is 30.9 Å². The van der Waals surface area contributed by atoms with E-state index in [1.165, 1.54) is 12.5 Å². The fraction of sp³-hybridized carbons (Fsp3) is 0.423. The molecule has 3 rings (SSSR count). The van der Waals surface area contributed by atoms with Gasteiger partial charge in [-0.3, -0.25) is 14.4 Å². The molecular weight excluding hydrogens is 506 g/mol. The van der Waals surface area contributed by atoms with E-state index in [-0.39, 0.29) is 25.2 Å². The number of para-hydroxylation sites is 1. The minimum Gasteiger partial charge on any atom is -0.480 e. The number of aliphatic carboxylic acids is 1. The third-order valence-corrected chi connectivity index (χ3v) is 6.20. The van der Waals surface area contributed by atoms with E-state index in [1.807, 2.05) is 38.1 Å². The molecule has 0 saturated heterocycles. The van der Waals surface area contributed by atoms with Gasteiger partial charge in [0, 0.05) is 41.8 Å². The molecule has 4 unspecified atom stereocenters. The van der Waals surface area contributed by atoms with E-state index in [2.05, 4.69) is 30.9 Å². The number of hydrogen-bond donors (Lipinski definition) is 8. The van der Waals surface area contributed by atoms with Crippen LogP contribution in [-0.4, -0.2) is 79.6 Å². The Kier molecular flexibility index (Phi) is 10.2. The van der Waals surface area contributed by atoms with Crippen LogP contribution in [0.4, 0.5) is 0 Å². The normalized spacial score (nSPS) is 14.4. The number of carbonyl (C=O) groups is 4. The Morgan fingerprint density at radius 1 is 0.949 bits per heavy atom. The van der Waals surface area contributed by atoms with Crippen LogP contribution >= 0.6 is 0 Å². The van der Waals surface area contributed by atoms with Crippen molar-refractivity contribution in [2.24, 2.45) is 11.7 Å². The Balaban J connectivity index is 1.76. The quantitative estimate of drug-likeness (QED) is 0.134. The first-order valence-corrected chi connectivity index (χ1v) is 12.6. The Morgan fingerprint density at radius 2 is 1.62 bits per heavy atom. The number of hydrogen-bond acceptors (Lipinski definition) is 7. The zero-order valence-corrected chi connectivity index (χ0v) is 21.8. The lowest BCUT2D eigenvalue weighted by Gasteiger charge is -2.25. The number of carboxylic acids is 1.